The van der Waals surface area contributed by atoms with E-state index in [0.29, 0.717) is 0 Å². The summed E-state index contributed by atoms with van der Waals surface area (Å²) in [5, 5.41) is 7.19. The van der Waals surface area contributed by atoms with Crippen molar-refractivity contribution in [2.75, 3.05) is 14.2 Å². The van der Waals surface area contributed by atoms with Crippen LogP contribution in [-0.4, -0.2) is 38.5 Å². The summed E-state index contributed by atoms with van der Waals surface area (Å²) in [7, 11) is 2.99. The van der Waals surface area contributed by atoms with E-state index < -0.39 is 24.3 Å². The fourth-order valence-corrected chi connectivity index (χ4v) is 1.66. The van der Waals surface area contributed by atoms with Crippen LogP contribution >= 0.6 is 0 Å². The third-order valence-corrected chi connectivity index (χ3v) is 2.43. The van der Waals surface area contributed by atoms with E-state index in [9.17, 15) is 0 Å². The monoisotopic (exact) mass is 224 g/mol. The fraction of sp³-hybridized carbons (Fsp3) is 0.750. The average Bonchev–Trinajstić information content (AvgIpc) is 2.31. The number of ether oxygens (including phenoxy) is 2. The maximum Gasteiger partial charge on any atom is 0.0842 e. The SMILES string of the molecule is CO[C@H]1C=C[C@@H](OC)[C@H](N=[N+]=[N-])[C@H]1N=[N+]=[N-]. The summed E-state index contributed by atoms with van der Waals surface area (Å²) in [6.45, 7) is 0. The van der Waals surface area contributed by atoms with Crippen LogP contribution in [0.25, 0.3) is 20.9 Å². The molecule has 8 heteroatoms. The molecule has 1 rings (SSSR count). The van der Waals surface area contributed by atoms with Crippen molar-refractivity contribution in [2.45, 2.75) is 24.3 Å². The van der Waals surface area contributed by atoms with Crippen LogP contribution < -0.4 is 0 Å². The third kappa shape index (κ3) is 2.44. The first-order valence-corrected chi connectivity index (χ1v) is 4.60. The summed E-state index contributed by atoms with van der Waals surface area (Å²) in [6, 6.07) is -1.19. The minimum absolute atomic E-state index is 0.405. The molecule has 0 saturated heterocycles. The molecule has 0 spiro atoms. The zero-order chi connectivity index (χ0) is 12.0. The van der Waals surface area contributed by atoms with Gasteiger partial charge in [0.05, 0.1) is 24.3 Å². The summed E-state index contributed by atoms with van der Waals surface area (Å²) < 4.78 is 10.3. The van der Waals surface area contributed by atoms with Crippen LogP contribution in [0.5, 0.6) is 0 Å². The molecule has 0 amide bonds. The van der Waals surface area contributed by atoms with Gasteiger partial charge in [0.25, 0.3) is 0 Å². The number of hydrogen-bond donors (Lipinski definition) is 0. The van der Waals surface area contributed by atoms with Crippen LogP contribution in [0.1, 0.15) is 0 Å². The number of hydrogen-bond acceptors (Lipinski definition) is 4. The van der Waals surface area contributed by atoms with Gasteiger partial charge in [-0.25, -0.2) is 0 Å². The predicted octanol–water partition coefficient (Wildman–Crippen LogP) is 1.94. The van der Waals surface area contributed by atoms with Gasteiger partial charge < -0.3 is 9.47 Å². The second kappa shape index (κ2) is 5.99. The quantitative estimate of drug-likeness (QED) is 0.314. The highest BCUT2D eigenvalue weighted by Crippen LogP contribution is 2.23. The van der Waals surface area contributed by atoms with Gasteiger partial charge in [-0.05, 0) is 11.1 Å². The van der Waals surface area contributed by atoms with Crippen LogP contribution in [0.2, 0.25) is 0 Å². The van der Waals surface area contributed by atoms with E-state index in [0.717, 1.165) is 0 Å². The molecule has 0 fully saturated rings. The van der Waals surface area contributed by atoms with E-state index in [1.165, 1.54) is 14.2 Å². The van der Waals surface area contributed by atoms with E-state index in [1.54, 1.807) is 12.2 Å². The highest BCUT2D eigenvalue weighted by Gasteiger charge is 2.35. The molecule has 0 bridgehead atoms. The van der Waals surface area contributed by atoms with Crippen LogP contribution in [0, 0.1) is 0 Å². The van der Waals surface area contributed by atoms with Gasteiger partial charge in [-0.1, -0.05) is 22.4 Å². The molecule has 0 aromatic rings. The van der Waals surface area contributed by atoms with Crippen molar-refractivity contribution in [3.8, 4) is 0 Å². The van der Waals surface area contributed by atoms with Crippen molar-refractivity contribution >= 4 is 0 Å². The van der Waals surface area contributed by atoms with Crippen molar-refractivity contribution in [3.05, 3.63) is 33.0 Å². The summed E-state index contributed by atoms with van der Waals surface area (Å²) >= 11 is 0. The lowest BCUT2D eigenvalue weighted by molar-refractivity contribution is 0.0513. The molecule has 0 aromatic heterocycles. The molecule has 0 heterocycles. The Hall–Kier alpha value is -1.72. The van der Waals surface area contributed by atoms with Gasteiger partial charge in [-0.3, -0.25) is 0 Å². The Kier molecular flexibility index (Phi) is 4.63. The van der Waals surface area contributed by atoms with E-state index in [1.807, 2.05) is 0 Å². The molecule has 16 heavy (non-hydrogen) atoms. The Balaban J connectivity index is 3.07. The molecule has 8 nitrogen and oxygen atoms in total. The molecule has 1 aliphatic carbocycles. The highest BCUT2D eigenvalue weighted by atomic mass is 16.5. The van der Waals surface area contributed by atoms with Gasteiger partial charge in [-0.2, -0.15) is 0 Å². The van der Waals surface area contributed by atoms with Crippen LogP contribution in [0.3, 0.4) is 0 Å². The van der Waals surface area contributed by atoms with Gasteiger partial charge >= 0.3 is 0 Å². The van der Waals surface area contributed by atoms with Crippen molar-refractivity contribution in [3.63, 3.8) is 0 Å². The van der Waals surface area contributed by atoms with Crippen molar-refractivity contribution in [1.82, 2.24) is 0 Å². The Labute approximate surface area is 92.1 Å². The summed E-state index contributed by atoms with van der Waals surface area (Å²) in [5.74, 6) is 0. The lowest BCUT2D eigenvalue weighted by Crippen LogP contribution is -2.45. The largest absolute Gasteiger partial charge is 0.377 e. The van der Waals surface area contributed by atoms with Crippen molar-refractivity contribution < 1.29 is 9.47 Å². The fourth-order valence-electron chi connectivity index (χ4n) is 1.66. The van der Waals surface area contributed by atoms with E-state index in [2.05, 4.69) is 20.1 Å². The normalized spacial score (nSPS) is 32.6. The maximum atomic E-state index is 8.48. The number of rotatable bonds is 4. The molecule has 0 unspecified atom stereocenters. The Bertz CT molecular complexity index is 324. The number of nitrogens with zero attached hydrogens (tertiary/aromatic N) is 6. The van der Waals surface area contributed by atoms with Gasteiger partial charge in [0.1, 0.15) is 0 Å². The molecular weight excluding hydrogens is 212 g/mol. The lowest BCUT2D eigenvalue weighted by Gasteiger charge is -2.32. The number of azide groups is 2. The molecule has 86 valence electrons. The minimum Gasteiger partial charge on any atom is -0.377 e. The summed E-state index contributed by atoms with van der Waals surface area (Å²) in [6.07, 6.45) is 2.66. The zero-order valence-electron chi connectivity index (χ0n) is 8.96. The second-order valence-electron chi connectivity index (χ2n) is 3.18. The van der Waals surface area contributed by atoms with Crippen LogP contribution in [-0.2, 0) is 9.47 Å². The Morgan fingerprint density at radius 1 is 0.938 bits per heavy atom. The molecule has 1 aliphatic rings. The molecule has 0 saturated carbocycles. The lowest BCUT2D eigenvalue weighted by atomic mass is 9.92. The summed E-state index contributed by atoms with van der Waals surface area (Å²) in [5.41, 5.74) is 17.0. The van der Waals surface area contributed by atoms with Crippen molar-refractivity contribution in [1.29, 1.82) is 0 Å². The van der Waals surface area contributed by atoms with Crippen LogP contribution in [0.4, 0.5) is 0 Å². The Morgan fingerprint density at radius 2 is 1.31 bits per heavy atom. The molecule has 4 atom stereocenters. The first kappa shape index (κ1) is 12.4. The highest BCUT2D eigenvalue weighted by molar-refractivity contribution is 5.14. The van der Waals surface area contributed by atoms with Crippen LogP contribution in [0.15, 0.2) is 22.4 Å². The Morgan fingerprint density at radius 3 is 1.56 bits per heavy atom. The van der Waals surface area contributed by atoms with Gasteiger partial charge in [-0.15, -0.1) is 0 Å². The van der Waals surface area contributed by atoms with Gasteiger partial charge in [0.2, 0.25) is 0 Å². The first-order chi connectivity index (χ1) is 7.78. The molecule has 0 N–H and O–H groups in total. The standard InChI is InChI=1S/C8H12N6O2/c1-15-5-3-4-6(16-2)8(12-14-10)7(5)11-13-9/h3-8H,1-2H3/t5-,6+,7-,8-/m0/s1. The first-order valence-electron chi connectivity index (χ1n) is 4.60. The van der Waals surface area contributed by atoms with Crippen molar-refractivity contribution in [2.24, 2.45) is 10.2 Å². The van der Waals surface area contributed by atoms with E-state index in [-0.39, 0.29) is 0 Å². The predicted molar refractivity (Wildman–Crippen MR) is 56.6 cm³/mol. The minimum atomic E-state index is -0.596. The number of methoxy groups -OCH3 is 2. The maximum absolute atomic E-state index is 8.48. The average molecular weight is 224 g/mol. The second-order valence-corrected chi connectivity index (χ2v) is 3.18. The zero-order valence-corrected chi connectivity index (χ0v) is 8.96. The van der Waals surface area contributed by atoms with Gasteiger partial charge in [0, 0.05) is 24.0 Å². The molecule has 0 aliphatic heterocycles. The van der Waals surface area contributed by atoms with E-state index >= 15 is 0 Å². The topological polar surface area (TPSA) is 116 Å². The third-order valence-electron chi connectivity index (χ3n) is 2.43. The summed E-state index contributed by atoms with van der Waals surface area (Å²) in [4.78, 5) is 5.46. The molecular formula is C8H12N6O2. The van der Waals surface area contributed by atoms with E-state index in [4.69, 9.17) is 20.5 Å². The molecule has 0 radical (unpaired) electrons. The smallest absolute Gasteiger partial charge is 0.0842 e. The van der Waals surface area contributed by atoms with Gasteiger partial charge in [0.15, 0.2) is 0 Å². The molecule has 0 aromatic carbocycles.